The third-order valence-electron chi connectivity index (χ3n) is 1.55. The van der Waals surface area contributed by atoms with Crippen LogP contribution in [0.4, 0.5) is 0 Å². The summed E-state index contributed by atoms with van der Waals surface area (Å²) in [4.78, 5) is 11.0. The first-order valence-corrected chi connectivity index (χ1v) is 5.60. The number of aliphatic hydroxyl groups is 1. The van der Waals surface area contributed by atoms with E-state index in [0.29, 0.717) is 13.0 Å². The van der Waals surface area contributed by atoms with Crippen molar-refractivity contribution in [1.82, 2.24) is 5.32 Å². The molecule has 0 spiro atoms. The summed E-state index contributed by atoms with van der Waals surface area (Å²) in [6, 6.07) is 0. The number of rotatable bonds is 4. The van der Waals surface area contributed by atoms with Gasteiger partial charge in [-0.05, 0) is 40.0 Å². The molecule has 0 fully saturated rings. The van der Waals surface area contributed by atoms with Crippen molar-refractivity contribution in [2.45, 2.75) is 38.8 Å². The molecule has 0 radical (unpaired) electrons. The Labute approximate surface area is 84.3 Å². The largest absolute Gasteiger partial charge is 0.384 e. The quantitative estimate of drug-likeness (QED) is 0.719. The Hall–Kier alpha value is -0.0600. The second-order valence-corrected chi connectivity index (χ2v) is 4.82. The lowest BCUT2D eigenvalue weighted by molar-refractivity contribution is -0.118. The lowest BCUT2D eigenvalue weighted by atomic mass is 10.1. The predicted octanol–water partition coefficient (Wildman–Crippen LogP) is 1.02. The summed E-state index contributed by atoms with van der Waals surface area (Å²) < 4.78 is 0. The van der Waals surface area contributed by atoms with Crippen molar-refractivity contribution in [3.8, 4) is 0 Å². The van der Waals surface area contributed by atoms with Crippen molar-refractivity contribution in [3.05, 3.63) is 0 Å². The van der Waals surface area contributed by atoms with Gasteiger partial charge in [0.05, 0.1) is 0 Å². The van der Waals surface area contributed by atoms with E-state index in [2.05, 4.69) is 26.1 Å². The Balaban J connectivity index is 3.59. The average molecular weight is 205 g/mol. The zero-order chi connectivity index (χ0) is 10.5. The van der Waals surface area contributed by atoms with E-state index in [4.69, 9.17) is 0 Å². The molecular weight excluding hydrogens is 186 g/mol. The fraction of sp³-hybridized carbons (Fsp3) is 0.889. The van der Waals surface area contributed by atoms with Gasteiger partial charge in [-0.2, -0.15) is 0 Å². The van der Waals surface area contributed by atoms with E-state index in [1.165, 1.54) is 0 Å². The maximum atomic E-state index is 11.0. The van der Waals surface area contributed by atoms with E-state index in [9.17, 15) is 9.90 Å². The Morgan fingerprint density at radius 3 is 2.46 bits per heavy atom. The summed E-state index contributed by atoms with van der Waals surface area (Å²) in [7, 11) is 0. The van der Waals surface area contributed by atoms with Gasteiger partial charge in [0.15, 0.2) is 0 Å². The molecule has 78 valence electrons. The zero-order valence-electron chi connectivity index (χ0n) is 8.76. The molecule has 0 rings (SSSR count). The molecular formula is C9H19NO2S. The molecule has 1 unspecified atom stereocenters. The maximum Gasteiger partial charge on any atom is 0.217 e. The zero-order valence-corrected chi connectivity index (χ0v) is 9.57. The molecule has 13 heavy (non-hydrogen) atoms. The van der Waals surface area contributed by atoms with Crippen molar-refractivity contribution >= 4 is 16.9 Å². The lowest BCUT2D eigenvalue weighted by Gasteiger charge is -2.21. The highest BCUT2D eigenvalue weighted by Gasteiger charge is 2.15. The van der Waals surface area contributed by atoms with E-state index in [1.807, 2.05) is 0 Å². The molecule has 0 heterocycles. The molecule has 0 aliphatic carbocycles. The summed E-state index contributed by atoms with van der Waals surface area (Å²) >= 11 is 1.07. The van der Waals surface area contributed by atoms with Gasteiger partial charge in [-0.15, -0.1) is 0 Å². The molecule has 0 aliphatic rings. The molecule has 2 N–H and O–H groups in total. The number of aliphatic hydroxyl groups excluding tert-OH is 1. The second kappa shape index (κ2) is 5.62. The summed E-state index contributed by atoms with van der Waals surface area (Å²) in [6.07, 6.45) is 1.34. The van der Waals surface area contributed by atoms with Gasteiger partial charge in [0, 0.05) is 5.54 Å². The van der Waals surface area contributed by atoms with Gasteiger partial charge in [-0.3, -0.25) is 4.79 Å². The molecule has 0 aliphatic heterocycles. The van der Waals surface area contributed by atoms with Crippen molar-refractivity contribution in [3.63, 3.8) is 0 Å². The Morgan fingerprint density at radius 1 is 1.54 bits per heavy atom. The van der Waals surface area contributed by atoms with Crippen LogP contribution in [-0.4, -0.2) is 34.7 Å². The molecule has 0 saturated heterocycles. The van der Waals surface area contributed by atoms with E-state index in [0.717, 1.165) is 11.8 Å². The minimum atomic E-state index is -0.829. The molecule has 0 bridgehead atoms. The van der Waals surface area contributed by atoms with Crippen LogP contribution in [0, 0.1) is 0 Å². The van der Waals surface area contributed by atoms with Gasteiger partial charge >= 0.3 is 0 Å². The van der Waals surface area contributed by atoms with Crippen LogP contribution < -0.4 is 5.32 Å². The number of hydrogen-bond acceptors (Lipinski definition) is 4. The number of hydrogen-bond donors (Lipinski definition) is 2. The van der Waals surface area contributed by atoms with Crippen molar-refractivity contribution in [1.29, 1.82) is 0 Å². The lowest BCUT2D eigenvalue weighted by Crippen LogP contribution is -2.38. The molecule has 0 aromatic rings. The molecule has 4 heteroatoms. The number of carbonyl (C=O) groups excluding carboxylic acids is 1. The van der Waals surface area contributed by atoms with Crippen LogP contribution in [0.3, 0.4) is 0 Å². The van der Waals surface area contributed by atoms with Gasteiger partial charge < -0.3 is 10.4 Å². The highest BCUT2D eigenvalue weighted by molar-refractivity contribution is 8.13. The van der Waals surface area contributed by atoms with Crippen LogP contribution in [0.15, 0.2) is 0 Å². The maximum absolute atomic E-state index is 11.0. The van der Waals surface area contributed by atoms with E-state index in [-0.39, 0.29) is 10.7 Å². The van der Waals surface area contributed by atoms with Crippen molar-refractivity contribution < 1.29 is 9.90 Å². The van der Waals surface area contributed by atoms with Crippen LogP contribution >= 0.6 is 11.8 Å². The predicted molar refractivity (Wildman–Crippen MR) is 56.9 cm³/mol. The molecule has 1 atom stereocenters. The Kier molecular flexibility index (Phi) is 5.60. The summed E-state index contributed by atoms with van der Waals surface area (Å²) in [5, 5.41) is 12.4. The van der Waals surface area contributed by atoms with Crippen LogP contribution in [-0.2, 0) is 4.79 Å². The van der Waals surface area contributed by atoms with Gasteiger partial charge in [0.2, 0.25) is 5.12 Å². The Bertz CT molecular complexity index is 165. The van der Waals surface area contributed by atoms with Crippen LogP contribution in [0.1, 0.15) is 27.2 Å². The molecule has 0 amide bonds. The minimum Gasteiger partial charge on any atom is -0.384 e. The summed E-state index contributed by atoms with van der Waals surface area (Å²) in [5.74, 6) is 0. The fourth-order valence-electron chi connectivity index (χ4n) is 0.838. The van der Waals surface area contributed by atoms with E-state index in [1.54, 1.807) is 6.26 Å². The number of carbonyl (C=O) groups is 1. The highest BCUT2D eigenvalue weighted by atomic mass is 32.2. The average Bonchev–Trinajstić information content (AvgIpc) is 2.00. The molecule has 0 aromatic heterocycles. The monoisotopic (exact) mass is 205 g/mol. The van der Waals surface area contributed by atoms with Gasteiger partial charge in [0.25, 0.3) is 0 Å². The summed E-state index contributed by atoms with van der Waals surface area (Å²) in [6.45, 7) is 6.82. The first-order valence-electron chi connectivity index (χ1n) is 4.38. The van der Waals surface area contributed by atoms with E-state index < -0.39 is 6.10 Å². The first kappa shape index (κ1) is 12.9. The van der Waals surface area contributed by atoms with Gasteiger partial charge in [-0.1, -0.05) is 11.8 Å². The van der Waals surface area contributed by atoms with E-state index >= 15 is 0 Å². The number of thioether (sulfide) groups is 1. The second-order valence-electron chi connectivity index (χ2n) is 4.00. The first-order chi connectivity index (χ1) is 5.87. The molecule has 0 aromatic carbocycles. The van der Waals surface area contributed by atoms with Gasteiger partial charge in [0.1, 0.15) is 6.10 Å². The number of nitrogens with one attached hydrogen (secondary N) is 1. The molecule has 0 saturated carbocycles. The normalized spacial score (nSPS) is 14.2. The van der Waals surface area contributed by atoms with Crippen LogP contribution in [0.2, 0.25) is 0 Å². The highest BCUT2D eigenvalue weighted by Crippen LogP contribution is 2.05. The smallest absolute Gasteiger partial charge is 0.217 e. The SMILES string of the molecule is CSC(=O)C(O)CCNC(C)(C)C. The standard InChI is InChI=1S/C9H19NO2S/c1-9(2,3)10-6-5-7(11)8(12)13-4/h7,10-11H,5-6H2,1-4H3. The minimum absolute atomic E-state index is 0.0438. The fourth-order valence-corrected chi connectivity index (χ4v) is 1.23. The van der Waals surface area contributed by atoms with Gasteiger partial charge in [-0.25, -0.2) is 0 Å². The topological polar surface area (TPSA) is 49.3 Å². The Morgan fingerprint density at radius 2 is 2.08 bits per heavy atom. The third-order valence-corrected chi connectivity index (χ3v) is 2.22. The van der Waals surface area contributed by atoms with Crippen LogP contribution in [0.5, 0.6) is 0 Å². The van der Waals surface area contributed by atoms with Crippen molar-refractivity contribution in [2.75, 3.05) is 12.8 Å². The van der Waals surface area contributed by atoms with Crippen molar-refractivity contribution in [2.24, 2.45) is 0 Å². The third kappa shape index (κ3) is 7.05. The summed E-state index contributed by atoms with van der Waals surface area (Å²) in [5.41, 5.74) is 0.0438. The molecule has 3 nitrogen and oxygen atoms in total. The van der Waals surface area contributed by atoms with Crippen LogP contribution in [0.25, 0.3) is 0 Å².